The SMILES string of the molecule is C=C1OC(C)(C)C/C1=C(C)/C(S)=C(/C)CC.C=CC(=C)S.CC.CN1CCNCC1.NCCCCC=O. The number of allylic oxidation sites excluding steroid dienone is 4. The molecule has 2 fully saturated rings. The second kappa shape index (κ2) is 25.1. The van der Waals surface area contributed by atoms with Gasteiger partial charge in [0, 0.05) is 49.5 Å². The maximum absolute atomic E-state index is 9.64. The molecule has 2 saturated heterocycles. The highest BCUT2D eigenvalue weighted by Crippen LogP contribution is 2.40. The summed E-state index contributed by atoms with van der Waals surface area (Å²) in [5.74, 6) is 0.804. The molecule has 0 aromatic rings. The van der Waals surface area contributed by atoms with E-state index in [2.05, 4.69) is 96.9 Å². The van der Waals surface area contributed by atoms with Crippen LogP contribution in [0.4, 0.5) is 0 Å². The molecular formula is C30H57N3O2S2. The highest BCUT2D eigenvalue weighted by molar-refractivity contribution is 7.85. The molecule has 2 heterocycles. The van der Waals surface area contributed by atoms with E-state index in [1.807, 2.05) is 13.8 Å². The van der Waals surface area contributed by atoms with Crippen molar-refractivity contribution in [3.8, 4) is 0 Å². The van der Waals surface area contributed by atoms with Crippen LogP contribution in [0.25, 0.3) is 0 Å². The van der Waals surface area contributed by atoms with Gasteiger partial charge >= 0.3 is 0 Å². The van der Waals surface area contributed by atoms with Crippen molar-refractivity contribution < 1.29 is 9.53 Å². The fourth-order valence-electron chi connectivity index (χ4n) is 3.08. The Balaban J connectivity index is -0.000000459. The summed E-state index contributed by atoms with van der Waals surface area (Å²) >= 11 is 8.38. The number of likely N-dealkylation sites (N-methyl/N-ethyl adjacent to an activating group) is 1. The summed E-state index contributed by atoms with van der Waals surface area (Å²) in [5.41, 5.74) is 8.76. The Bertz CT molecular complexity index is 722. The molecule has 3 N–H and O–H groups in total. The van der Waals surface area contributed by atoms with Crippen LogP contribution in [0, 0.1) is 0 Å². The van der Waals surface area contributed by atoms with Crippen molar-refractivity contribution in [1.82, 2.24) is 10.2 Å². The van der Waals surface area contributed by atoms with Gasteiger partial charge < -0.3 is 25.5 Å². The van der Waals surface area contributed by atoms with E-state index in [1.54, 1.807) is 6.08 Å². The molecule has 0 radical (unpaired) electrons. The van der Waals surface area contributed by atoms with E-state index in [4.69, 9.17) is 10.5 Å². The molecule has 2 aliphatic rings. The quantitative estimate of drug-likeness (QED) is 0.117. The normalized spacial score (nSPS) is 17.9. The van der Waals surface area contributed by atoms with Crippen LogP contribution in [0.3, 0.4) is 0 Å². The van der Waals surface area contributed by atoms with Crippen LogP contribution in [-0.4, -0.2) is 56.6 Å². The summed E-state index contributed by atoms with van der Waals surface area (Å²) in [5, 5.41) is 3.27. The zero-order valence-corrected chi connectivity index (χ0v) is 26.9. The van der Waals surface area contributed by atoms with Crippen LogP contribution < -0.4 is 11.1 Å². The van der Waals surface area contributed by atoms with E-state index >= 15 is 0 Å². The molecule has 37 heavy (non-hydrogen) atoms. The molecule has 0 amide bonds. The van der Waals surface area contributed by atoms with Crippen molar-refractivity contribution in [3.05, 3.63) is 58.1 Å². The average Bonchev–Trinajstić information content (AvgIpc) is 3.17. The number of hydrogen-bond acceptors (Lipinski definition) is 7. The van der Waals surface area contributed by atoms with Crippen molar-refractivity contribution in [2.24, 2.45) is 5.73 Å². The smallest absolute Gasteiger partial charge is 0.119 e. The number of hydrogen-bond donors (Lipinski definition) is 4. The van der Waals surface area contributed by atoms with Gasteiger partial charge in [-0.3, -0.25) is 0 Å². The van der Waals surface area contributed by atoms with Gasteiger partial charge in [0.1, 0.15) is 17.6 Å². The zero-order chi connectivity index (χ0) is 29.4. The molecule has 0 saturated carbocycles. The molecule has 5 nitrogen and oxygen atoms in total. The number of nitrogens with one attached hydrogen (secondary N) is 1. The van der Waals surface area contributed by atoms with Crippen LogP contribution in [0.15, 0.2) is 58.1 Å². The molecule has 2 rings (SSSR count). The van der Waals surface area contributed by atoms with Gasteiger partial charge in [-0.15, -0.1) is 25.3 Å². The fraction of sp³-hybridized carbons (Fsp3) is 0.633. The van der Waals surface area contributed by atoms with E-state index in [0.717, 1.165) is 55.7 Å². The first-order valence-corrected chi connectivity index (χ1v) is 14.3. The second-order valence-electron chi connectivity index (χ2n) is 9.25. The maximum atomic E-state index is 9.64. The van der Waals surface area contributed by atoms with Crippen LogP contribution >= 0.6 is 25.3 Å². The summed E-state index contributed by atoms with van der Waals surface area (Å²) < 4.78 is 5.74. The predicted molar refractivity (Wildman–Crippen MR) is 173 cm³/mol. The molecule has 7 heteroatoms. The molecule has 0 bridgehead atoms. The van der Waals surface area contributed by atoms with E-state index < -0.39 is 0 Å². The number of nitrogens with zero attached hydrogens (tertiary/aromatic N) is 1. The Morgan fingerprint density at radius 2 is 1.70 bits per heavy atom. The number of carbonyl (C=O) groups is 1. The number of ether oxygens (including phenoxy) is 1. The number of aldehydes is 1. The van der Waals surface area contributed by atoms with Crippen LogP contribution in [-0.2, 0) is 9.53 Å². The van der Waals surface area contributed by atoms with Gasteiger partial charge in [0.2, 0.25) is 0 Å². The number of nitrogens with two attached hydrogens (primary N) is 1. The largest absolute Gasteiger partial charge is 0.488 e. The third-order valence-corrected chi connectivity index (χ3v) is 6.33. The summed E-state index contributed by atoms with van der Waals surface area (Å²) in [6.45, 7) is 30.8. The van der Waals surface area contributed by atoms with E-state index in [0.29, 0.717) is 17.9 Å². The van der Waals surface area contributed by atoms with E-state index in [-0.39, 0.29) is 5.60 Å². The van der Waals surface area contributed by atoms with E-state index in [9.17, 15) is 4.79 Å². The summed E-state index contributed by atoms with van der Waals surface area (Å²) in [7, 11) is 2.15. The Labute approximate surface area is 240 Å². The third-order valence-electron chi connectivity index (χ3n) is 5.43. The third kappa shape index (κ3) is 22.4. The molecule has 0 atom stereocenters. The minimum atomic E-state index is -0.123. The Morgan fingerprint density at radius 3 is 2.00 bits per heavy atom. The van der Waals surface area contributed by atoms with Crippen molar-refractivity contribution in [1.29, 1.82) is 0 Å². The van der Waals surface area contributed by atoms with Gasteiger partial charge in [-0.05, 0) is 71.0 Å². The van der Waals surface area contributed by atoms with Crippen LogP contribution in [0.2, 0.25) is 0 Å². The summed E-state index contributed by atoms with van der Waals surface area (Å²) in [6.07, 6.45) is 7.04. The van der Waals surface area contributed by atoms with Gasteiger partial charge in [0.05, 0.1) is 0 Å². The molecule has 2 aliphatic heterocycles. The molecule has 0 spiro atoms. The molecule has 216 valence electrons. The summed E-state index contributed by atoms with van der Waals surface area (Å²) in [6, 6.07) is 0. The zero-order valence-electron chi connectivity index (χ0n) is 25.1. The molecule has 0 aromatic carbocycles. The minimum absolute atomic E-state index is 0.123. The number of piperazine rings is 1. The van der Waals surface area contributed by atoms with Crippen molar-refractivity contribution in [2.75, 3.05) is 39.8 Å². The number of carbonyl (C=O) groups excluding carboxylic acids is 1. The lowest BCUT2D eigenvalue weighted by Crippen LogP contribution is -2.40. The highest BCUT2D eigenvalue weighted by atomic mass is 32.1. The first-order chi connectivity index (χ1) is 17.4. The Kier molecular flexibility index (Phi) is 27.3. The Morgan fingerprint density at radius 1 is 1.19 bits per heavy atom. The number of rotatable bonds is 7. The summed E-state index contributed by atoms with van der Waals surface area (Å²) in [4.78, 5) is 13.8. The maximum Gasteiger partial charge on any atom is 0.119 e. The number of thiol groups is 2. The van der Waals surface area contributed by atoms with E-state index in [1.165, 1.54) is 29.8 Å². The lowest BCUT2D eigenvalue weighted by Gasteiger charge is -2.21. The Hall–Kier alpha value is -1.25. The van der Waals surface area contributed by atoms with Gasteiger partial charge in [0.15, 0.2) is 0 Å². The molecule has 0 aliphatic carbocycles. The topological polar surface area (TPSA) is 67.6 Å². The fourth-order valence-corrected chi connectivity index (χ4v) is 3.37. The first kappa shape index (κ1) is 40.2. The minimum Gasteiger partial charge on any atom is -0.488 e. The average molecular weight is 556 g/mol. The van der Waals surface area contributed by atoms with Crippen LogP contribution in [0.1, 0.15) is 80.6 Å². The van der Waals surface area contributed by atoms with Gasteiger partial charge in [-0.2, -0.15) is 0 Å². The molecular weight excluding hydrogens is 498 g/mol. The van der Waals surface area contributed by atoms with Gasteiger partial charge in [-0.25, -0.2) is 0 Å². The van der Waals surface area contributed by atoms with Gasteiger partial charge in [0.25, 0.3) is 0 Å². The standard InChI is InChI=1S/C14H22OS.C5H12N2.C5H11NO.C4H6S.C2H6/c1-7-9(2)13(16)10(3)12-8-14(5,6)15-11(12)4;1-7-4-2-6-3-5-7;6-4-2-1-3-5-7;1-3-4(2)5;1-2/h16H,4,7-8H2,1-3,5-6H3;6H,2-5H2,1H3;5H,1-4,6H2;3,5H,1-2H2;1-2H3/b12-10-,13-9+;;;;. The monoisotopic (exact) mass is 555 g/mol. The van der Waals surface area contributed by atoms with Gasteiger partial charge in [-0.1, -0.05) is 52.2 Å². The number of unbranched alkanes of at least 4 members (excludes halogenated alkanes) is 2. The lowest BCUT2D eigenvalue weighted by atomic mass is 9.96. The molecule has 0 aromatic heterocycles. The second-order valence-corrected chi connectivity index (χ2v) is 10.3. The van der Waals surface area contributed by atoms with Crippen LogP contribution in [0.5, 0.6) is 0 Å². The van der Waals surface area contributed by atoms with Crippen molar-refractivity contribution >= 4 is 31.5 Å². The highest BCUT2D eigenvalue weighted by Gasteiger charge is 2.32. The van der Waals surface area contributed by atoms with Crippen molar-refractivity contribution in [3.63, 3.8) is 0 Å². The lowest BCUT2D eigenvalue weighted by molar-refractivity contribution is -0.107. The first-order valence-electron chi connectivity index (χ1n) is 13.4. The predicted octanol–water partition coefficient (Wildman–Crippen LogP) is 7.11. The molecule has 0 unspecified atom stereocenters. The van der Waals surface area contributed by atoms with Crippen molar-refractivity contribution in [2.45, 2.75) is 86.2 Å².